The highest BCUT2D eigenvalue weighted by Gasteiger charge is 2.08. The first-order valence-electron chi connectivity index (χ1n) is 3.11. The fourth-order valence-electron chi connectivity index (χ4n) is 0.672. The second-order valence-electron chi connectivity index (χ2n) is 2.19. The van der Waals surface area contributed by atoms with Crippen molar-refractivity contribution in [3.63, 3.8) is 0 Å². The molecule has 0 aliphatic carbocycles. The van der Waals surface area contributed by atoms with Crippen LogP contribution < -0.4 is 5.32 Å². The van der Waals surface area contributed by atoms with Crippen molar-refractivity contribution >= 4 is 9.84 Å². The standard InChI is InChI=1S/C7H9NO2S/c1-11(9,10)7-5-3-2-4-6-8-7/h2-6,8H,1H3. The lowest BCUT2D eigenvalue weighted by molar-refractivity contribution is 0.605. The van der Waals surface area contributed by atoms with E-state index in [0.29, 0.717) is 0 Å². The third kappa shape index (κ3) is 2.23. The van der Waals surface area contributed by atoms with Crippen molar-refractivity contribution in [2.24, 2.45) is 0 Å². The maximum absolute atomic E-state index is 10.9. The van der Waals surface area contributed by atoms with Gasteiger partial charge in [0.25, 0.3) is 0 Å². The lowest BCUT2D eigenvalue weighted by Gasteiger charge is -2.00. The van der Waals surface area contributed by atoms with E-state index in [1.165, 1.54) is 12.3 Å². The maximum atomic E-state index is 10.9. The van der Waals surface area contributed by atoms with E-state index in [1.54, 1.807) is 24.4 Å². The molecule has 0 saturated carbocycles. The van der Waals surface area contributed by atoms with Crippen LogP contribution in [0.2, 0.25) is 0 Å². The lowest BCUT2D eigenvalue weighted by atomic mass is 10.5. The second-order valence-corrected chi connectivity index (χ2v) is 4.18. The SMILES string of the molecule is CS(=O)(=O)C1=CC=CC=CN1. The predicted molar refractivity (Wildman–Crippen MR) is 44.3 cm³/mol. The van der Waals surface area contributed by atoms with Crippen molar-refractivity contribution in [1.29, 1.82) is 0 Å². The molecule has 60 valence electrons. The van der Waals surface area contributed by atoms with Gasteiger partial charge in [-0.15, -0.1) is 0 Å². The summed E-state index contributed by atoms with van der Waals surface area (Å²) in [6, 6.07) is 0. The molecule has 1 rings (SSSR count). The molecule has 1 N–H and O–H groups in total. The summed E-state index contributed by atoms with van der Waals surface area (Å²) in [5.41, 5.74) is 0. The Morgan fingerprint density at radius 3 is 2.64 bits per heavy atom. The van der Waals surface area contributed by atoms with Crippen molar-refractivity contribution in [2.45, 2.75) is 0 Å². The number of rotatable bonds is 1. The number of allylic oxidation sites excluding steroid dienone is 4. The van der Waals surface area contributed by atoms with Gasteiger partial charge in [-0.05, 0) is 12.2 Å². The van der Waals surface area contributed by atoms with Gasteiger partial charge >= 0.3 is 0 Å². The average molecular weight is 171 g/mol. The van der Waals surface area contributed by atoms with Gasteiger partial charge in [0.05, 0.1) is 0 Å². The van der Waals surface area contributed by atoms with Crippen LogP contribution >= 0.6 is 0 Å². The van der Waals surface area contributed by atoms with E-state index in [2.05, 4.69) is 5.32 Å². The first-order valence-corrected chi connectivity index (χ1v) is 5.00. The number of sulfone groups is 1. The van der Waals surface area contributed by atoms with Crippen molar-refractivity contribution in [3.05, 3.63) is 35.5 Å². The molecule has 0 atom stereocenters. The molecule has 0 spiro atoms. The van der Waals surface area contributed by atoms with E-state index >= 15 is 0 Å². The third-order valence-corrected chi connectivity index (χ3v) is 2.24. The quantitative estimate of drug-likeness (QED) is 0.626. The highest BCUT2D eigenvalue weighted by Crippen LogP contribution is 2.02. The Bertz CT molecular complexity index is 322. The highest BCUT2D eigenvalue weighted by atomic mass is 32.2. The molecule has 0 amide bonds. The summed E-state index contributed by atoms with van der Waals surface area (Å²) in [6.45, 7) is 0. The first-order chi connectivity index (χ1) is 5.11. The fourth-order valence-corrected chi connectivity index (χ4v) is 1.28. The van der Waals surface area contributed by atoms with E-state index in [9.17, 15) is 8.42 Å². The van der Waals surface area contributed by atoms with Crippen LogP contribution in [-0.4, -0.2) is 14.7 Å². The molecule has 1 heterocycles. The summed E-state index contributed by atoms with van der Waals surface area (Å²) in [5.74, 6) is 0. The van der Waals surface area contributed by atoms with Gasteiger partial charge in [-0.25, -0.2) is 8.42 Å². The molecule has 0 radical (unpaired) electrons. The first kappa shape index (κ1) is 8.07. The number of hydrogen-bond donors (Lipinski definition) is 1. The van der Waals surface area contributed by atoms with E-state index in [0.717, 1.165) is 0 Å². The number of hydrogen-bond acceptors (Lipinski definition) is 3. The van der Waals surface area contributed by atoms with Crippen LogP contribution in [0, 0.1) is 0 Å². The highest BCUT2D eigenvalue weighted by molar-refractivity contribution is 7.94. The summed E-state index contributed by atoms with van der Waals surface area (Å²) >= 11 is 0. The molecule has 0 saturated heterocycles. The van der Waals surface area contributed by atoms with Crippen molar-refractivity contribution < 1.29 is 8.42 Å². The topological polar surface area (TPSA) is 46.2 Å². The van der Waals surface area contributed by atoms with Crippen LogP contribution in [0.4, 0.5) is 0 Å². The van der Waals surface area contributed by atoms with Crippen LogP contribution in [0.15, 0.2) is 35.5 Å². The molecule has 1 aliphatic heterocycles. The molecule has 0 aromatic rings. The zero-order valence-electron chi connectivity index (χ0n) is 6.11. The van der Waals surface area contributed by atoms with Gasteiger partial charge in [-0.2, -0.15) is 0 Å². The zero-order chi connectivity index (χ0) is 8.32. The summed E-state index contributed by atoms with van der Waals surface area (Å²) in [4.78, 5) is 0. The Labute approximate surface area is 66.0 Å². The lowest BCUT2D eigenvalue weighted by Crippen LogP contribution is -2.13. The van der Waals surface area contributed by atoms with Gasteiger partial charge in [0.2, 0.25) is 0 Å². The van der Waals surface area contributed by atoms with Gasteiger partial charge in [-0.1, -0.05) is 12.2 Å². The van der Waals surface area contributed by atoms with Crippen LogP contribution in [0.5, 0.6) is 0 Å². The molecule has 11 heavy (non-hydrogen) atoms. The third-order valence-electron chi connectivity index (χ3n) is 1.19. The van der Waals surface area contributed by atoms with Gasteiger partial charge in [-0.3, -0.25) is 0 Å². The monoisotopic (exact) mass is 171 g/mol. The normalized spacial score (nSPS) is 17.0. The van der Waals surface area contributed by atoms with E-state index in [-0.39, 0.29) is 5.03 Å². The predicted octanol–water partition coefficient (Wildman–Crippen LogP) is 0.546. The van der Waals surface area contributed by atoms with Gasteiger partial charge < -0.3 is 5.32 Å². The zero-order valence-corrected chi connectivity index (χ0v) is 6.93. The summed E-state index contributed by atoms with van der Waals surface area (Å²) in [7, 11) is -3.10. The average Bonchev–Trinajstić information content (AvgIpc) is 2.10. The van der Waals surface area contributed by atoms with Crippen LogP contribution in [-0.2, 0) is 9.84 Å². The van der Waals surface area contributed by atoms with Crippen LogP contribution in [0.25, 0.3) is 0 Å². The smallest absolute Gasteiger partial charge is 0.190 e. The van der Waals surface area contributed by atoms with Crippen LogP contribution in [0.1, 0.15) is 0 Å². The van der Waals surface area contributed by atoms with Crippen molar-refractivity contribution in [2.75, 3.05) is 6.26 Å². The molecular weight excluding hydrogens is 162 g/mol. The molecule has 3 nitrogen and oxygen atoms in total. The molecule has 4 heteroatoms. The largest absolute Gasteiger partial charge is 0.352 e. The van der Waals surface area contributed by atoms with E-state index in [1.807, 2.05) is 0 Å². The minimum atomic E-state index is -3.10. The Morgan fingerprint density at radius 2 is 2.00 bits per heavy atom. The molecule has 0 aromatic carbocycles. The Morgan fingerprint density at radius 1 is 1.27 bits per heavy atom. The van der Waals surface area contributed by atoms with E-state index < -0.39 is 9.84 Å². The van der Waals surface area contributed by atoms with Crippen molar-refractivity contribution in [3.8, 4) is 0 Å². The minimum absolute atomic E-state index is 0.225. The van der Waals surface area contributed by atoms with Crippen LogP contribution in [0.3, 0.4) is 0 Å². The summed E-state index contributed by atoms with van der Waals surface area (Å²) in [5, 5.41) is 2.88. The van der Waals surface area contributed by atoms with Gasteiger partial charge in [0, 0.05) is 12.5 Å². The molecular formula is C7H9NO2S. The molecule has 0 bridgehead atoms. The minimum Gasteiger partial charge on any atom is -0.352 e. The molecule has 1 aliphatic rings. The summed E-state index contributed by atoms with van der Waals surface area (Å²) < 4.78 is 21.9. The molecule has 0 aromatic heterocycles. The van der Waals surface area contributed by atoms with E-state index in [4.69, 9.17) is 0 Å². The Hall–Kier alpha value is -1.03. The maximum Gasteiger partial charge on any atom is 0.190 e. The molecule has 0 fully saturated rings. The Kier molecular flexibility index (Phi) is 2.14. The Balaban J connectivity index is 2.99. The summed E-state index contributed by atoms with van der Waals surface area (Å²) in [6.07, 6.45) is 9.43. The van der Waals surface area contributed by atoms with Gasteiger partial charge in [0.15, 0.2) is 9.84 Å². The fraction of sp³-hybridized carbons (Fsp3) is 0.143. The molecule has 0 unspecified atom stereocenters. The number of nitrogens with one attached hydrogen (secondary N) is 1. The van der Waals surface area contributed by atoms with Crippen molar-refractivity contribution in [1.82, 2.24) is 5.32 Å². The second kappa shape index (κ2) is 2.92. The van der Waals surface area contributed by atoms with Gasteiger partial charge in [0.1, 0.15) is 5.03 Å².